The molecule has 1 heterocycles. The molecule has 86 valence electrons. The predicted octanol–water partition coefficient (Wildman–Crippen LogP) is 1.85. The molecule has 1 aromatic carbocycles. The summed E-state index contributed by atoms with van der Waals surface area (Å²) in [6, 6.07) is 5.77. The van der Waals surface area contributed by atoms with Gasteiger partial charge in [-0.3, -0.25) is 5.10 Å². The Labute approximate surface area is 98.8 Å². The zero-order valence-corrected chi connectivity index (χ0v) is 9.61. The van der Waals surface area contributed by atoms with E-state index in [1.165, 1.54) is 0 Å². The number of hydrogen-bond acceptors (Lipinski definition) is 4. The number of rotatable bonds is 2. The molecule has 0 aliphatic carbocycles. The fraction of sp³-hybridized carbons (Fsp3) is 0.167. The molecule has 0 bridgehead atoms. The van der Waals surface area contributed by atoms with Crippen molar-refractivity contribution in [2.45, 2.75) is 6.92 Å². The molecule has 0 aliphatic heterocycles. The first-order valence-corrected chi connectivity index (χ1v) is 5.05. The van der Waals surface area contributed by atoms with Crippen LogP contribution in [0.4, 0.5) is 5.82 Å². The molecule has 0 unspecified atom stereocenters. The highest BCUT2D eigenvalue weighted by Gasteiger charge is 2.12. The van der Waals surface area contributed by atoms with Crippen LogP contribution in [-0.2, 0) is 0 Å². The number of benzene rings is 1. The maximum atomic E-state index is 9.08. The van der Waals surface area contributed by atoms with Crippen molar-refractivity contribution in [1.82, 2.24) is 10.2 Å². The van der Waals surface area contributed by atoms with E-state index < -0.39 is 0 Å². The van der Waals surface area contributed by atoms with Gasteiger partial charge in [0, 0.05) is 5.56 Å². The lowest BCUT2D eigenvalue weighted by Crippen LogP contribution is -1.94. The second-order valence-electron chi connectivity index (χ2n) is 3.68. The minimum atomic E-state index is 0.485. The lowest BCUT2D eigenvalue weighted by molar-refractivity contribution is 0.410. The molecule has 0 spiro atoms. The third-order valence-electron chi connectivity index (χ3n) is 2.58. The van der Waals surface area contributed by atoms with Crippen molar-refractivity contribution in [3.8, 4) is 22.9 Å². The van der Waals surface area contributed by atoms with E-state index >= 15 is 0 Å². The normalized spacial score (nSPS) is 9.94. The number of nitrogens with one attached hydrogen (secondary N) is 1. The van der Waals surface area contributed by atoms with Crippen LogP contribution in [0.5, 0.6) is 5.75 Å². The van der Waals surface area contributed by atoms with Crippen LogP contribution in [0, 0.1) is 18.3 Å². The third-order valence-corrected chi connectivity index (χ3v) is 2.58. The summed E-state index contributed by atoms with van der Waals surface area (Å²) in [6.07, 6.45) is 1.64. The van der Waals surface area contributed by atoms with E-state index in [0.29, 0.717) is 17.1 Å². The molecule has 0 saturated carbocycles. The highest BCUT2D eigenvalue weighted by Crippen LogP contribution is 2.31. The summed E-state index contributed by atoms with van der Waals surface area (Å²) >= 11 is 0. The lowest BCUT2D eigenvalue weighted by Gasteiger charge is -2.09. The average molecular weight is 228 g/mol. The average Bonchev–Trinajstić information content (AvgIpc) is 2.74. The van der Waals surface area contributed by atoms with Gasteiger partial charge >= 0.3 is 0 Å². The first kappa shape index (κ1) is 11.0. The van der Waals surface area contributed by atoms with Gasteiger partial charge in [-0.05, 0) is 30.2 Å². The van der Waals surface area contributed by atoms with Crippen LogP contribution in [0.2, 0.25) is 0 Å². The van der Waals surface area contributed by atoms with Gasteiger partial charge in [0.2, 0.25) is 0 Å². The molecule has 0 fully saturated rings. The van der Waals surface area contributed by atoms with Gasteiger partial charge in [0.05, 0.1) is 18.9 Å². The molecule has 5 nitrogen and oxygen atoms in total. The Morgan fingerprint density at radius 3 is 2.76 bits per heavy atom. The molecular weight excluding hydrogens is 216 g/mol. The number of nitrogens with zero attached hydrogens (tertiary/aromatic N) is 2. The largest absolute Gasteiger partial charge is 0.495 e. The van der Waals surface area contributed by atoms with Crippen molar-refractivity contribution in [2.75, 3.05) is 12.8 Å². The standard InChI is InChI=1S/C12H12N4O/c1-7-3-8(10-6-15-16-12(10)14)4-9(5-13)11(7)17-2/h3-4,6H,1-2H3,(H3,14,15,16). The maximum Gasteiger partial charge on any atom is 0.139 e. The van der Waals surface area contributed by atoms with Gasteiger partial charge in [-0.2, -0.15) is 10.4 Å². The SMILES string of the molecule is COc1c(C)cc(-c2cn[nH]c2N)cc1C#N. The molecule has 0 amide bonds. The smallest absolute Gasteiger partial charge is 0.139 e. The minimum Gasteiger partial charge on any atom is -0.495 e. The number of hydrogen-bond donors (Lipinski definition) is 2. The fourth-order valence-electron chi connectivity index (χ4n) is 1.81. The van der Waals surface area contributed by atoms with E-state index in [0.717, 1.165) is 16.7 Å². The number of anilines is 1. The number of methoxy groups -OCH3 is 1. The zero-order chi connectivity index (χ0) is 12.4. The Bertz CT molecular complexity index is 595. The molecule has 3 N–H and O–H groups in total. The van der Waals surface area contributed by atoms with Crippen molar-refractivity contribution in [1.29, 1.82) is 5.26 Å². The summed E-state index contributed by atoms with van der Waals surface area (Å²) < 4.78 is 5.19. The number of aryl methyl sites for hydroxylation is 1. The molecule has 1 aromatic heterocycles. The molecule has 0 atom stereocenters. The van der Waals surface area contributed by atoms with Crippen LogP contribution >= 0.6 is 0 Å². The summed E-state index contributed by atoms with van der Waals surface area (Å²) in [5, 5.41) is 15.6. The zero-order valence-electron chi connectivity index (χ0n) is 9.61. The third kappa shape index (κ3) is 1.81. The van der Waals surface area contributed by atoms with Gasteiger partial charge in [-0.25, -0.2) is 0 Å². The van der Waals surface area contributed by atoms with E-state index in [4.69, 9.17) is 15.7 Å². The van der Waals surface area contributed by atoms with Gasteiger partial charge in [-0.15, -0.1) is 0 Å². The van der Waals surface area contributed by atoms with Crippen LogP contribution in [0.25, 0.3) is 11.1 Å². The molecule has 0 aliphatic rings. The topological polar surface area (TPSA) is 87.7 Å². The summed E-state index contributed by atoms with van der Waals surface area (Å²) in [7, 11) is 1.55. The quantitative estimate of drug-likeness (QED) is 0.821. The Morgan fingerprint density at radius 1 is 1.47 bits per heavy atom. The first-order chi connectivity index (χ1) is 8.17. The van der Waals surface area contributed by atoms with Gasteiger partial charge in [-0.1, -0.05) is 0 Å². The summed E-state index contributed by atoms with van der Waals surface area (Å²) in [5.41, 5.74) is 8.77. The van der Waals surface area contributed by atoms with E-state index in [1.807, 2.05) is 13.0 Å². The number of nitriles is 1. The van der Waals surface area contributed by atoms with Gasteiger partial charge in [0.15, 0.2) is 0 Å². The monoisotopic (exact) mass is 228 g/mol. The number of H-pyrrole nitrogens is 1. The molecule has 5 heteroatoms. The number of ether oxygens (including phenoxy) is 1. The van der Waals surface area contributed by atoms with Crippen molar-refractivity contribution in [3.05, 3.63) is 29.5 Å². The summed E-state index contributed by atoms with van der Waals surface area (Å²) in [6.45, 7) is 1.89. The van der Waals surface area contributed by atoms with Crippen molar-refractivity contribution in [3.63, 3.8) is 0 Å². The number of nitrogen functional groups attached to an aromatic ring is 1. The van der Waals surface area contributed by atoms with E-state index in [2.05, 4.69) is 16.3 Å². The predicted molar refractivity (Wildman–Crippen MR) is 64.4 cm³/mol. The Balaban J connectivity index is 2.63. The van der Waals surface area contributed by atoms with Gasteiger partial charge in [0.1, 0.15) is 17.6 Å². The lowest BCUT2D eigenvalue weighted by atomic mass is 10.0. The summed E-state index contributed by atoms with van der Waals surface area (Å²) in [4.78, 5) is 0. The van der Waals surface area contributed by atoms with E-state index in [-0.39, 0.29) is 0 Å². The van der Waals surface area contributed by atoms with Crippen molar-refractivity contribution in [2.24, 2.45) is 0 Å². The second-order valence-corrected chi connectivity index (χ2v) is 3.68. The van der Waals surface area contributed by atoms with Crippen LogP contribution in [-0.4, -0.2) is 17.3 Å². The minimum absolute atomic E-state index is 0.485. The fourth-order valence-corrected chi connectivity index (χ4v) is 1.81. The Kier molecular flexibility index (Phi) is 2.71. The maximum absolute atomic E-state index is 9.08. The van der Waals surface area contributed by atoms with Gasteiger partial charge in [0.25, 0.3) is 0 Å². The molecular formula is C12H12N4O. The summed E-state index contributed by atoms with van der Waals surface area (Å²) in [5.74, 6) is 1.08. The number of aromatic nitrogens is 2. The number of nitrogens with two attached hydrogens (primary N) is 1. The Morgan fingerprint density at radius 2 is 2.24 bits per heavy atom. The van der Waals surface area contributed by atoms with Gasteiger partial charge < -0.3 is 10.5 Å². The molecule has 0 saturated heterocycles. The van der Waals surface area contributed by atoms with Crippen LogP contribution in [0.1, 0.15) is 11.1 Å². The van der Waals surface area contributed by atoms with Crippen molar-refractivity contribution < 1.29 is 4.74 Å². The van der Waals surface area contributed by atoms with Crippen LogP contribution in [0.3, 0.4) is 0 Å². The highest BCUT2D eigenvalue weighted by molar-refractivity contribution is 5.76. The van der Waals surface area contributed by atoms with E-state index in [9.17, 15) is 0 Å². The second kappa shape index (κ2) is 4.18. The Hall–Kier alpha value is -2.48. The number of aromatic amines is 1. The highest BCUT2D eigenvalue weighted by atomic mass is 16.5. The molecule has 2 aromatic rings. The van der Waals surface area contributed by atoms with Crippen LogP contribution in [0.15, 0.2) is 18.3 Å². The van der Waals surface area contributed by atoms with E-state index in [1.54, 1.807) is 19.4 Å². The first-order valence-electron chi connectivity index (χ1n) is 5.05. The molecule has 17 heavy (non-hydrogen) atoms. The molecule has 0 radical (unpaired) electrons. The molecule has 2 rings (SSSR count). The van der Waals surface area contributed by atoms with Crippen molar-refractivity contribution >= 4 is 5.82 Å². The van der Waals surface area contributed by atoms with Crippen LogP contribution < -0.4 is 10.5 Å².